The van der Waals surface area contributed by atoms with Crippen molar-refractivity contribution in [2.75, 3.05) is 5.32 Å². The summed E-state index contributed by atoms with van der Waals surface area (Å²) in [6, 6.07) is 15.8. The smallest absolute Gasteiger partial charge is 0.211 e. The van der Waals surface area contributed by atoms with E-state index in [0.717, 1.165) is 24.1 Å². The van der Waals surface area contributed by atoms with E-state index in [1.54, 1.807) is 0 Å². The SMILES string of the molecule is O=CNc1cccc(CCc2cccc(CO)c2)c1. The molecule has 0 saturated heterocycles. The fraction of sp³-hybridized carbons (Fsp3) is 0.188. The van der Waals surface area contributed by atoms with Gasteiger partial charge in [0.1, 0.15) is 0 Å². The van der Waals surface area contributed by atoms with Gasteiger partial charge in [0.25, 0.3) is 0 Å². The molecule has 0 radical (unpaired) electrons. The number of nitrogens with one attached hydrogen (secondary N) is 1. The molecule has 19 heavy (non-hydrogen) atoms. The Hall–Kier alpha value is -2.13. The van der Waals surface area contributed by atoms with E-state index in [-0.39, 0.29) is 6.61 Å². The molecule has 0 aromatic heterocycles. The number of hydrogen-bond donors (Lipinski definition) is 2. The standard InChI is InChI=1S/C16H17NO2/c18-11-15-5-1-3-13(9-15)7-8-14-4-2-6-16(10-14)17-12-19/h1-6,9-10,12,18H,7-8,11H2,(H,17,19). The second-order valence-electron chi connectivity index (χ2n) is 4.44. The largest absolute Gasteiger partial charge is 0.392 e. The van der Waals surface area contributed by atoms with Crippen molar-refractivity contribution >= 4 is 12.1 Å². The second kappa shape index (κ2) is 6.71. The van der Waals surface area contributed by atoms with Crippen molar-refractivity contribution in [1.29, 1.82) is 0 Å². The first-order valence-electron chi connectivity index (χ1n) is 6.29. The van der Waals surface area contributed by atoms with Gasteiger partial charge in [-0.3, -0.25) is 4.79 Å². The Labute approximate surface area is 112 Å². The molecule has 3 nitrogen and oxygen atoms in total. The minimum Gasteiger partial charge on any atom is -0.392 e. The van der Waals surface area contributed by atoms with Gasteiger partial charge in [-0.1, -0.05) is 36.4 Å². The Morgan fingerprint density at radius 2 is 1.58 bits per heavy atom. The van der Waals surface area contributed by atoms with Gasteiger partial charge in [-0.05, 0) is 41.7 Å². The molecule has 1 amide bonds. The van der Waals surface area contributed by atoms with Crippen molar-refractivity contribution in [1.82, 2.24) is 0 Å². The fourth-order valence-corrected chi connectivity index (χ4v) is 2.06. The Bertz CT molecular complexity index is 552. The highest BCUT2D eigenvalue weighted by atomic mass is 16.3. The topological polar surface area (TPSA) is 49.3 Å². The summed E-state index contributed by atoms with van der Waals surface area (Å²) in [4.78, 5) is 10.4. The summed E-state index contributed by atoms with van der Waals surface area (Å²) in [7, 11) is 0. The normalized spacial score (nSPS) is 10.2. The maximum absolute atomic E-state index is 10.4. The molecule has 2 N–H and O–H groups in total. The van der Waals surface area contributed by atoms with Crippen LogP contribution >= 0.6 is 0 Å². The minimum atomic E-state index is 0.0760. The van der Waals surface area contributed by atoms with Crippen molar-refractivity contribution in [3.05, 3.63) is 65.2 Å². The summed E-state index contributed by atoms with van der Waals surface area (Å²) in [6.45, 7) is 0.0760. The van der Waals surface area contributed by atoms with Crippen molar-refractivity contribution in [3.8, 4) is 0 Å². The highest BCUT2D eigenvalue weighted by Crippen LogP contribution is 2.13. The van der Waals surface area contributed by atoms with Crippen LogP contribution in [0.2, 0.25) is 0 Å². The first kappa shape index (κ1) is 13.3. The quantitative estimate of drug-likeness (QED) is 0.779. The Morgan fingerprint density at radius 1 is 0.947 bits per heavy atom. The summed E-state index contributed by atoms with van der Waals surface area (Å²) < 4.78 is 0. The van der Waals surface area contributed by atoms with Crippen molar-refractivity contribution in [3.63, 3.8) is 0 Å². The third kappa shape index (κ3) is 3.93. The average molecular weight is 255 g/mol. The molecule has 0 heterocycles. The van der Waals surface area contributed by atoms with Gasteiger partial charge in [0.05, 0.1) is 6.61 Å². The number of amides is 1. The Kier molecular flexibility index (Phi) is 4.70. The third-order valence-corrected chi connectivity index (χ3v) is 3.03. The van der Waals surface area contributed by atoms with Gasteiger partial charge in [0, 0.05) is 5.69 Å². The summed E-state index contributed by atoms with van der Waals surface area (Å²) >= 11 is 0. The van der Waals surface area contributed by atoms with E-state index >= 15 is 0 Å². The van der Waals surface area contributed by atoms with E-state index in [1.807, 2.05) is 42.5 Å². The molecule has 0 aliphatic carbocycles. The Balaban J connectivity index is 2.01. The number of carbonyl (C=O) groups is 1. The van der Waals surface area contributed by atoms with Gasteiger partial charge < -0.3 is 10.4 Å². The van der Waals surface area contributed by atoms with E-state index < -0.39 is 0 Å². The van der Waals surface area contributed by atoms with E-state index in [0.29, 0.717) is 6.41 Å². The van der Waals surface area contributed by atoms with Gasteiger partial charge in [-0.2, -0.15) is 0 Å². The molecule has 0 spiro atoms. The number of benzene rings is 2. The molecule has 0 fully saturated rings. The zero-order chi connectivity index (χ0) is 13.5. The highest BCUT2D eigenvalue weighted by Gasteiger charge is 1.99. The van der Waals surface area contributed by atoms with Crippen LogP contribution in [0, 0.1) is 0 Å². The maximum atomic E-state index is 10.4. The summed E-state index contributed by atoms with van der Waals surface area (Å²) in [5.74, 6) is 0. The second-order valence-corrected chi connectivity index (χ2v) is 4.44. The molecular formula is C16H17NO2. The summed E-state index contributed by atoms with van der Waals surface area (Å²) in [6.07, 6.45) is 2.51. The van der Waals surface area contributed by atoms with Crippen LogP contribution in [0.25, 0.3) is 0 Å². The summed E-state index contributed by atoms with van der Waals surface area (Å²) in [5, 5.41) is 11.8. The molecule has 0 unspecified atom stereocenters. The Morgan fingerprint density at radius 3 is 2.26 bits per heavy atom. The number of aliphatic hydroxyl groups excluding tert-OH is 1. The van der Waals surface area contributed by atoms with E-state index in [9.17, 15) is 4.79 Å². The predicted octanol–water partition coefficient (Wildman–Crippen LogP) is 2.53. The number of aliphatic hydroxyl groups is 1. The maximum Gasteiger partial charge on any atom is 0.211 e. The van der Waals surface area contributed by atoms with Gasteiger partial charge in [-0.15, -0.1) is 0 Å². The van der Waals surface area contributed by atoms with Crippen LogP contribution in [0.5, 0.6) is 0 Å². The van der Waals surface area contributed by atoms with Crippen LogP contribution in [0.3, 0.4) is 0 Å². The van der Waals surface area contributed by atoms with Crippen molar-refractivity contribution in [2.45, 2.75) is 19.4 Å². The number of carbonyl (C=O) groups excluding carboxylic acids is 1. The van der Waals surface area contributed by atoms with Gasteiger partial charge in [0.2, 0.25) is 6.41 Å². The number of hydrogen-bond acceptors (Lipinski definition) is 2. The van der Waals surface area contributed by atoms with Crippen LogP contribution in [0.4, 0.5) is 5.69 Å². The van der Waals surface area contributed by atoms with Gasteiger partial charge >= 0.3 is 0 Å². The molecule has 98 valence electrons. The molecule has 2 aromatic carbocycles. The molecule has 2 rings (SSSR count). The molecule has 2 aromatic rings. The van der Waals surface area contributed by atoms with E-state index in [1.165, 1.54) is 11.1 Å². The number of aryl methyl sites for hydroxylation is 2. The molecule has 0 atom stereocenters. The molecule has 3 heteroatoms. The first-order chi connectivity index (χ1) is 9.31. The zero-order valence-electron chi connectivity index (χ0n) is 10.7. The number of anilines is 1. The van der Waals surface area contributed by atoms with E-state index in [4.69, 9.17) is 5.11 Å². The number of rotatable bonds is 6. The van der Waals surface area contributed by atoms with Crippen LogP contribution in [0.15, 0.2) is 48.5 Å². The van der Waals surface area contributed by atoms with E-state index in [2.05, 4.69) is 11.4 Å². The van der Waals surface area contributed by atoms with Crippen LogP contribution < -0.4 is 5.32 Å². The fourth-order valence-electron chi connectivity index (χ4n) is 2.06. The molecular weight excluding hydrogens is 238 g/mol. The summed E-state index contributed by atoms with van der Waals surface area (Å²) in [5.41, 5.74) is 4.15. The molecule has 0 saturated carbocycles. The lowest BCUT2D eigenvalue weighted by Gasteiger charge is -2.06. The van der Waals surface area contributed by atoms with Gasteiger partial charge in [-0.25, -0.2) is 0 Å². The van der Waals surface area contributed by atoms with Crippen molar-refractivity contribution < 1.29 is 9.90 Å². The minimum absolute atomic E-state index is 0.0760. The highest BCUT2D eigenvalue weighted by molar-refractivity contribution is 5.71. The molecule has 0 aliphatic heterocycles. The lowest BCUT2D eigenvalue weighted by Crippen LogP contribution is -1.96. The lowest BCUT2D eigenvalue weighted by atomic mass is 10.0. The molecule has 0 aliphatic rings. The lowest BCUT2D eigenvalue weighted by molar-refractivity contribution is -0.105. The average Bonchev–Trinajstić information content (AvgIpc) is 2.46. The zero-order valence-corrected chi connectivity index (χ0v) is 10.7. The van der Waals surface area contributed by atoms with Gasteiger partial charge in [0.15, 0.2) is 0 Å². The molecule has 0 bridgehead atoms. The third-order valence-electron chi connectivity index (χ3n) is 3.03. The van der Waals surface area contributed by atoms with Crippen LogP contribution in [-0.2, 0) is 24.2 Å². The first-order valence-corrected chi connectivity index (χ1v) is 6.29. The monoisotopic (exact) mass is 255 g/mol. The van der Waals surface area contributed by atoms with Crippen LogP contribution in [-0.4, -0.2) is 11.5 Å². The predicted molar refractivity (Wildman–Crippen MR) is 75.9 cm³/mol. The van der Waals surface area contributed by atoms with Crippen LogP contribution in [0.1, 0.15) is 16.7 Å². The van der Waals surface area contributed by atoms with Crippen molar-refractivity contribution in [2.24, 2.45) is 0 Å².